The zero-order valence-corrected chi connectivity index (χ0v) is 13.6. The zero-order chi connectivity index (χ0) is 16.6. The van der Waals surface area contributed by atoms with Gasteiger partial charge in [-0.1, -0.05) is 66.7 Å². The Labute approximate surface area is 142 Å². The monoisotopic (exact) mass is 322 g/mol. The standard InChI is InChI=1S/C21H22O3/c22-13-19-11-12-21(24-15-18-9-5-2-6-10-18)20(19)16-23-14-17-7-3-1-4-8-17/h1-11,16,21-22H,12-15H2/b20-16+/t21-/m0/s1. The Morgan fingerprint density at radius 1 is 0.917 bits per heavy atom. The van der Waals surface area contributed by atoms with Crippen LogP contribution in [0.25, 0.3) is 0 Å². The van der Waals surface area contributed by atoms with Gasteiger partial charge in [0.25, 0.3) is 0 Å². The summed E-state index contributed by atoms with van der Waals surface area (Å²) in [6.07, 6.45) is 4.46. The molecule has 1 aliphatic carbocycles. The number of hydrogen-bond acceptors (Lipinski definition) is 3. The molecule has 2 aromatic carbocycles. The van der Waals surface area contributed by atoms with Gasteiger partial charge in [0.15, 0.2) is 0 Å². The Hall–Kier alpha value is -2.36. The van der Waals surface area contributed by atoms with Crippen molar-refractivity contribution in [2.45, 2.75) is 25.7 Å². The molecule has 0 unspecified atom stereocenters. The molecule has 0 bridgehead atoms. The first-order valence-electron chi connectivity index (χ1n) is 8.18. The van der Waals surface area contributed by atoms with Gasteiger partial charge in [0.2, 0.25) is 0 Å². The lowest BCUT2D eigenvalue weighted by Gasteiger charge is -2.16. The second-order valence-electron chi connectivity index (χ2n) is 5.78. The van der Waals surface area contributed by atoms with Crippen LogP contribution in [0.3, 0.4) is 0 Å². The van der Waals surface area contributed by atoms with Gasteiger partial charge < -0.3 is 14.6 Å². The first-order valence-corrected chi connectivity index (χ1v) is 8.18. The number of benzene rings is 2. The zero-order valence-electron chi connectivity index (χ0n) is 13.6. The van der Waals surface area contributed by atoms with Crippen LogP contribution in [0.1, 0.15) is 17.5 Å². The van der Waals surface area contributed by atoms with Crippen molar-refractivity contribution in [3.63, 3.8) is 0 Å². The van der Waals surface area contributed by atoms with Gasteiger partial charge >= 0.3 is 0 Å². The van der Waals surface area contributed by atoms with Gasteiger partial charge in [-0.05, 0) is 23.1 Å². The van der Waals surface area contributed by atoms with Gasteiger partial charge in [-0.15, -0.1) is 0 Å². The first kappa shape index (κ1) is 16.5. The maximum atomic E-state index is 9.54. The van der Waals surface area contributed by atoms with Crippen molar-refractivity contribution in [3.8, 4) is 0 Å². The van der Waals surface area contributed by atoms with Gasteiger partial charge in [0.05, 0.1) is 25.6 Å². The third kappa shape index (κ3) is 4.34. The average molecular weight is 322 g/mol. The van der Waals surface area contributed by atoms with Crippen LogP contribution in [-0.2, 0) is 22.7 Å². The van der Waals surface area contributed by atoms with E-state index < -0.39 is 0 Å². The van der Waals surface area contributed by atoms with E-state index in [-0.39, 0.29) is 12.7 Å². The summed E-state index contributed by atoms with van der Waals surface area (Å²) in [7, 11) is 0. The highest BCUT2D eigenvalue weighted by Crippen LogP contribution is 2.28. The Kier molecular flexibility index (Phi) is 5.83. The van der Waals surface area contributed by atoms with Crippen LogP contribution in [0.4, 0.5) is 0 Å². The summed E-state index contributed by atoms with van der Waals surface area (Å²) in [5, 5.41) is 9.54. The molecule has 0 saturated carbocycles. The molecule has 0 aliphatic heterocycles. The van der Waals surface area contributed by atoms with Crippen molar-refractivity contribution in [1.82, 2.24) is 0 Å². The van der Waals surface area contributed by atoms with E-state index in [4.69, 9.17) is 9.47 Å². The van der Waals surface area contributed by atoms with E-state index in [1.807, 2.05) is 66.7 Å². The Balaban J connectivity index is 1.60. The number of aliphatic hydroxyl groups is 1. The lowest BCUT2D eigenvalue weighted by Crippen LogP contribution is -2.13. The lowest BCUT2D eigenvalue weighted by molar-refractivity contribution is 0.0680. The molecule has 0 radical (unpaired) electrons. The van der Waals surface area contributed by atoms with E-state index in [2.05, 4.69) is 0 Å². The van der Waals surface area contributed by atoms with E-state index in [0.717, 1.165) is 28.7 Å². The smallest absolute Gasteiger partial charge is 0.112 e. The predicted octanol–water partition coefficient (Wildman–Crippen LogP) is 3.99. The number of hydrogen-bond donors (Lipinski definition) is 1. The maximum absolute atomic E-state index is 9.54. The minimum atomic E-state index is -0.0665. The van der Waals surface area contributed by atoms with E-state index in [0.29, 0.717) is 13.2 Å². The predicted molar refractivity (Wildman–Crippen MR) is 94.1 cm³/mol. The lowest BCUT2D eigenvalue weighted by atomic mass is 10.1. The van der Waals surface area contributed by atoms with Crippen LogP contribution in [0.2, 0.25) is 0 Å². The normalized spacial score (nSPS) is 18.6. The number of rotatable bonds is 7. The Morgan fingerprint density at radius 2 is 1.54 bits per heavy atom. The van der Waals surface area contributed by atoms with E-state index in [1.165, 1.54) is 0 Å². The van der Waals surface area contributed by atoms with E-state index in [9.17, 15) is 5.11 Å². The fourth-order valence-corrected chi connectivity index (χ4v) is 2.74. The highest BCUT2D eigenvalue weighted by atomic mass is 16.5. The van der Waals surface area contributed by atoms with Crippen LogP contribution in [-0.4, -0.2) is 17.8 Å². The fourth-order valence-electron chi connectivity index (χ4n) is 2.74. The summed E-state index contributed by atoms with van der Waals surface area (Å²) in [5.74, 6) is 0. The van der Waals surface area contributed by atoms with Crippen LogP contribution < -0.4 is 0 Å². The van der Waals surface area contributed by atoms with Gasteiger partial charge in [0.1, 0.15) is 6.61 Å². The molecule has 1 atom stereocenters. The van der Waals surface area contributed by atoms with Crippen LogP contribution in [0.5, 0.6) is 0 Å². The highest BCUT2D eigenvalue weighted by molar-refractivity contribution is 5.39. The van der Waals surface area contributed by atoms with Crippen molar-refractivity contribution in [3.05, 3.63) is 95.3 Å². The molecule has 3 heteroatoms. The van der Waals surface area contributed by atoms with Crippen LogP contribution >= 0.6 is 0 Å². The maximum Gasteiger partial charge on any atom is 0.112 e. The molecule has 0 spiro atoms. The number of ether oxygens (including phenoxy) is 2. The molecule has 0 aromatic heterocycles. The molecular weight excluding hydrogens is 300 g/mol. The molecule has 124 valence electrons. The first-order chi connectivity index (χ1) is 11.9. The molecule has 1 aliphatic rings. The molecule has 0 amide bonds. The fraction of sp³-hybridized carbons (Fsp3) is 0.238. The Morgan fingerprint density at radius 3 is 2.17 bits per heavy atom. The van der Waals surface area contributed by atoms with Gasteiger partial charge in [-0.3, -0.25) is 0 Å². The molecule has 2 aromatic rings. The third-order valence-corrected chi connectivity index (χ3v) is 4.06. The molecule has 3 nitrogen and oxygen atoms in total. The SMILES string of the molecule is OCC1=CC[C@H](OCc2ccccc2)/C1=C/OCc1ccccc1. The quantitative estimate of drug-likeness (QED) is 0.783. The van der Waals surface area contributed by atoms with Crippen molar-refractivity contribution < 1.29 is 14.6 Å². The van der Waals surface area contributed by atoms with Crippen molar-refractivity contribution in [1.29, 1.82) is 0 Å². The van der Waals surface area contributed by atoms with Crippen molar-refractivity contribution >= 4 is 0 Å². The third-order valence-electron chi connectivity index (χ3n) is 4.06. The highest BCUT2D eigenvalue weighted by Gasteiger charge is 2.24. The summed E-state index contributed by atoms with van der Waals surface area (Å²) in [6.45, 7) is 1.06. The summed E-state index contributed by atoms with van der Waals surface area (Å²) in [4.78, 5) is 0. The average Bonchev–Trinajstić information content (AvgIpc) is 3.04. The van der Waals surface area contributed by atoms with Crippen molar-refractivity contribution in [2.24, 2.45) is 0 Å². The molecule has 24 heavy (non-hydrogen) atoms. The van der Waals surface area contributed by atoms with Crippen molar-refractivity contribution in [2.75, 3.05) is 6.61 Å². The second kappa shape index (κ2) is 8.48. The summed E-state index contributed by atoms with van der Waals surface area (Å²) < 4.78 is 11.7. The van der Waals surface area contributed by atoms with Crippen LogP contribution in [0, 0.1) is 0 Å². The van der Waals surface area contributed by atoms with Crippen LogP contribution in [0.15, 0.2) is 84.1 Å². The minimum absolute atomic E-state index is 0.00568. The molecule has 0 saturated heterocycles. The molecule has 0 heterocycles. The largest absolute Gasteiger partial charge is 0.496 e. The topological polar surface area (TPSA) is 38.7 Å². The van der Waals surface area contributed by atoms with Gasteiger partial charge in [0, 0.05) is 5.57 Å². The summed E-state index contributed by atoms with van der Waals surface area (Å²) >= 11 is 0. The van der Waals surface area contributed by atoms with Gasteiger partial charge in [-0.2, -0.15) is 0 Å². The molecule has 0 fully saturated rings. The van der Waals surface area contributed by atoms with E-state index in [1.54, 1.807) is 6.26 Å². The second-order valence-corrected chi connectivity index (χ2v) is 5.78. The Bertz CT molecular complexity index is 690. The van der Waals surface area contributed by atoms with E-state index >= 15 is 0 Å². The molecule has 1 N–H and O–H groups in total. The molecular formula is C21H22O3. The summed E-state index contributed by atoms with van der Waals surface area (Å²) in [6, 6.07) is 20.1. The minimum Gasteiger partial charge on any atom is -0.496 e. The number of aliphatic hydroxyl groups excluding tert-OH is 1. The summed E-state index contributed by atoms with van der Waals surface area (Å²) in [5.41, 5.74) is 4.08. The van der Waals surface area contributed by atoms with Gasteiger partial charge in [-0.25, -0.2) is 0 Å². The molecule has 3 rings (SSSR count).